The van der Waals surface area contributed by atoms with Crippen LogP contribution in [0.2, 0.25) is 0 Å². The topological polar surface area (TPSA) is 66.5 Å². The van der Waals surface area contributed by atoms with Crippen molar-refractivity contribution in [3.05, 3.63) is 29.0 Å². The van der Waals surface area contributed by atoms with E-state index >= 15 is 0 Å². The van der Waals surface area contributed by atoms with E-state index in [1.54, 1.807) is 11.3 Å². The van der Waals surface area contributed by atoms with Gasteiger partial charge in [-0.2, -0.15) is 11.8 Å². The maximum absolute atomic E-state index is 9.25. The third-order valence-electron chi connectivity index (χ3n) is 2.38. The third kappa shape index (κ3) is 3.35. The maximum atomic E-state index is 9.25. The Hall–Kier alpha value is -0.820. The van der Waals surface area contributed by atoms with Crippen molar-refractivity contribution in [3.8, 4) is 10.8 Å². The fourth-order valence-corrected chi connectivity index (χ4v) is 3.02. The molecule has 1 unspecified atom stereocenters. The molecule has 98 valence electrons. The maximum Gasteiger partial charge on any atom is 0.236 e. The van der Waals surface area contributed by atoms with Gasteiger partial charge in [0.05, 0.1) is 23.3 Å². The smallest absolute Gasteiger partial charge is 0.236 e. The molecule has 0 aliphatic carbocycles. The second kappa shape index (κ2) is 6.38. The number of oxazole rings is 1. The molecule has 0 saturated heterocycles. The molecule has 2 heterocycles. The number of rotatable bonds is 6. The Morgan fingerprint density at radius 1 is 1.56 bits per heavy atom. The van der Waals surface area contributed by atoms with E-state index in [2.05, 4.69) is 4.98 Å². The Morgan fingerprint density at radius 2 is 2.39 bits per heavy atom. The summed E-state index contributed by atoms with van der Waals surface area (Å²) in [5, 5.41) is 20.0. The highest BCUT2D eigenvalue weighted by Crippen LogP contribution is 2.27. The highest BCUT2D eigenvalue weighted by atomic mass is 32.2. The second-order valence-electron chi connectivity index (χ2n) is 3.85. The lowest BCUT2D eigenvalue weighted by atomic mass is 10.4. The Bertz CT molecular complexity index is 481. The molecule has 0 aromatic carbocycles. The zero-order valence-electron chi connectivity index (χ0n) is 10.00. The molecule has 2 rings (SSSR count). The zero-order chi connectivity index (χ0) is 13.0. The average Bonchev–Trinajstić information content (AvgIpc) is 2.99. The van der Waals surface area contributed by atoms with E-state index in [1.165, 1.54) is 11.8 Å². The van der Waals surface area contributed by atoms with E-state index in [4.69, 9.17) is 9.52 Å². The molecule has 0 bridgehead atoms. The Morgan fingerprint density at radius 3 is 3.06 bits per heavy atom. The lowest BCUT2D eigenvalue weighted by molar-refractivity contribution is 0.113. The summed E-state index contributed by atoms with van der Waals surface area (Å²) in [6, 6.07) is 3.94. The summed E-state index contributed by atoms with van der Waals surface area (Å²) in [6.45, 7) is 1.69. The van der Waals surface area contributed by atoms with Gasteiger partial charge in [-0.05, 0) is 18.4 Å². The van der Waals surface area contributed by atoms with Crippen LogP contribution < -0.4 is 0 Å². The minimum atomic E-state index is -0.668. The molecule has 1 atom stereocenters. The molecule has 4 nitrogen and oxygen atoms in total. The SMILES string of the molecule is Cc1oc(-c2cccs2)nc1CSCC(O)CO. The molecule has 0 aliphatic heterocycles. The number of thioether (sulfide) groups is 1. The van der Waals surface area contributed by atoms with E-state index in [0.717, 1.165) is 16.3 Å². The van der Waals surface area contributed by atoms with Crippen molar-refractivity contribution in [2.24, 2.45) is 0 Å². The number of aliphatic hydroxyl groups excluding tert-OH is 2. The van der Waals surface area contributed by atoms with E-state index in [9.17, 15) is 5.11 Å². The molecular weight excluding hydrogens is 270 g/mol. The summed E-state index contributed by atoms with van der Waals surface area (Å²) in [4.78, 5) is 5.47. The molecule has 0 aliphatic rings. The van der Waals surface area contributed by atoms with Crippen LogP contribution in [0.3, 0.4) is 0 Å². The molecule has 2 aromatic rings. The first-order valence-electron chi connectivity index (χ1n) is 5.57. The van der Waals surface area contributed by atoms with Crippen LogP contribution in [0.25, 0.3) is 10.8 Å². The number of aromatic nitrogens is 1. The van der Waals surface area contributed by atoms with Gasteiger partial charge < -0.3 is 14.6 Å². The fourth-order valence-electron chi connectivity index (χ4n) is 1.41. The number of nitrogens with zero attached hydrogens (tertiary/aromatic N) is 1. The van der Waals surface area contributed by atoms with Gasteiger partial charge in [0, 0.05) is 11.5 Å². The fraction of sp³-hybridized carbons (Fsp3) is 0.417. The lowest BCUT2D eigenvalue weighted by Gasteiger charge is -2.04. The summed E-state index contributed by atoms with van der Waals surface area (Å²) in [7, 11) is 0. The van der Waals surface area contributed by atoms with Gasteiger partial charge in [-0.15, -0.1) is 11.3 Å². The van der Waals surface area contributed by atoms with Crippen LogP contribution in [0.1, 0.15) is 11.5 Å². The van der Waals surface area contributed by atoms with Crippen molar-refractivity contribution in [2.75, 3.05) is 12.4 Å². The predicted octanol–water partition coefficient (Wildman–Crippen LogP) is 2.30. The summed E-state index contributed by atoms with van der Waals surface area (Å²) < 4.78 is 5.62. The van der Waals surface area contributed by atoms with E-state index < -0.39 is 6.10 Å². The number of hydrogen-bond acceptors (Lipinski definition) is 6. The summed E-state index contributed by atoms with van der Waals surface area (Å²) in [5.41, 5.74) is 0.897. The molecule has 0 spiro atoms. The first kappa shape index (κ1) is 13.6. The van der Waals surface area contributed by atoms with Crippen molar-refractivity contribution in [1.82, 2.24) is 4.98 Å². The first-order chi connectivity index (χ1) is 8.70. The minimum absolute atomic E-state index is 0.203. The molecule has 2 aromatic heterocycles. The van der Waals surface area contributed by atoms with Crippen molar-refractivity contribution >= 4 is 23.1 Å². The van der Waals surface area contributed by atoms with Crippen molar-refractivity contribution in [1.29, 1.82) is 0 Å². The van der Waals surface area contributed by atoms with Crippen LogP contribution in [-0.4, -0.2) is 33.7 Å². The van der Waals surface area contributed by atoms with Crippen LogP contribution >= 0.6 is 23.1 Å². The van der Waals surface area contributed by atoms with Gasteiger partial charge in [-0.25, -0.2) is 4.98 Å². The predicted molar refractivity (Wildman–Crippen MR) is 73.8 cm³/mol. The third-order valence-corrected chi connectivity index (χ3v) is 4.34. The number of thiophene rings is 1. The number of aliphatic hydroxyl groups is 2. The summed E-state index contributed by atoms with van der Waals surface area (Å²) in [5.74, 6) is 2.64. The molecule has 6 heteroatoms. The summed E-state index contributed by atoms with van der Waals surface area (Å²) in [6.07, 6.45) is -0.668. The molecular formula is C12H15NO3S2. The molecule has 0 amide bonds. The van der Waals surface area contributed by atoms with Gasteiger partial charge in [0.1, 0.15) is 5.76 Å². The monoisotopic (exact) mass is 285 g/mol. The molecule has 0 radical (unpaired) electrons. The van der Waals surface area contributed by atoms with Crippen LogP contribution in [0.5, 0.6) is 0 Å². The zero-order valence-corrected chi connectivity index (χ0v) is 11.6. The first-order valence-corrected chi connectivity index (χ1v) is 7.61. The largest absolute Gasteiger partial charge is 0.440 e. The Kier molecular flexibility index (Phi) is 4.82. The lowest BCUT2D eigenvalue weighted by Crippen LogP contribution is -2.14. The second-order valence-corrected chi connectivity index (χ2v) is 5.83. The van der Waals surface area contributed by atoms with Crippen molar-refractivity contribution < 1.29 is 14.6 Å². The quantitative estimate of drug-likeness (QED) is 0.852. The van der Waals surface area contributed by atoms with E-state index in [0.29, 0.717) is 17.4 Å². The normalized spacial score (nSPS) is 12.8. The van der Waals surface area contributed by atoms with Crippen LogP contribution in [0, 0.1) is 6.92 Å². The van der Waals surface area contributed by atoms with Crippen LogP contribution in [-0.2, 0) is 5.75 Å². The van der Waals surface area contributed by atoms with Crippen molar-refractivity contribution in [3.63, 3.8) is 0 Å². The van der Waals surface area contributed by atoms with Gasteiger partial charge in [-0.3, -0.25) is 0 Å². The van der Waals surface area contributed by atoms with Gasteiger partial charge in [0.15, 0.2) is 0 Å². The average molecular weight is 285 g/mol. The standard InChI is InChI=1S/C12H15NO3S2/c1-8-10(7-17-6-9(15)5-14)13-12(16-8)11-3-2-4-18-11/h2-4,9,14-15H,5-7H2,1H3. The van der Waals surface area contributed by atoms with Crippen molar-refractivity contribution in [2.45, 2.75) is 18.8 Å². The molecule has 2 N–H and O–H groups in total. The Balaban J connectivity index is 1.97. The molecule has 0 fully saturated rings. The van der Waals surface area contributed by atoms with Gasteiger partial charge in [-0.1, -0.05) is 6.07 Å². The van der Waals surface area contributed by atoms with Crippen LogP contribution in [0.15, 0.2) is 21.9 Å². The van der Waals surface area contributed by atoms with Gasteiger partial charge in [0.2, 0.25) is 5.89 Å². The minimum Gasteiger partial charge on any atom is -0.440 e. The Labute approximate surface area is 114 Å². The van der Waals surface area contributed by atoms with E-state index in [-0.39, 0.29) is 6.61 Å². The molecule has 0 saturated carbocycles. The molecule has 18 heavy (non-hydrogen) atoms. The van der Waals surface area contributed by atoms with E-state index in [1.807, 2.05) is 24.4 Å². The highest BCUT2D eigenvalue weighted by molar-refractivity contribution is 7.98. The highest BCUT2D eigenvalue weighted by Gasteiger charge is 2.12. The number of aryl methyl sites for hydroxylation is 1. The van der Waals surface area contributed by atoms with Gasteiger partial charge >= 0.3 is 0 Å². The summed E-state index contributed by atoms with van der Waals surface area (Å²) >= 11 is 3.13. The van der Waals surface area contributed by atoms with Crippen LogP contribution in [0.4, 0.5) is 0 Å². The number of hydrogen-bond donors (Lipinski definition) is 2. The van der Waals surface area contributed by atoms with Gasteiger partial charge in [0.25, 0.3) is 0 Å².